The van der Waals surface area contributed by atoms with Gasteiger partial charge in [-0.05, 0) is 29.1 Å². The van der Waals surface area contributed by atoms with Crippen molar-refractivity contribution in [1.82, 2.24) is 0 Å². The first-order chi connectivity index (χ1) is 10.2. The standard InChI is InChI=1S/C18H34O3Si/c1-8-9-18(19)20-16-10-11-17(12-16)21-22(13(2)3,14(4)5)15(6)7/h10-11,13-17H,8-9,12H2,1-7H3/t16-,17+/m1/s1. The number of carbonyl (C=O) groups excluding carboxylic acids is 1. The number of esters is 1. The SMILES string of the molecule is CCCC(=O)O[C@@H]1C=C[C@H](O[Si](C(C)C)(C(C)C)C(C)C)C1. The van der Waals surface area contributed by atoms with Crippen molar-refractivity contribution in [2.75, 3.05) is 0 Å². The molecule has 4 heteroatoms. The van der Waals surface area contributed by atoms with E-state index in [2.05, 4.69) is 47.6 Å². The average molecular weight is 327 g/mol. The van der Waals surface area contributed by atoms with Gasteiger partial charge in [0.2, 0.25) is 8.32 Å². The van der Waals surface area contributed by atoms with Crippen LogP contribution in [0.1, 0.15) is 67.7 Å². The van der Waals surface area contributed by atoms with Crippen LogP contribution in [0.5, 0.6) is 0 Å². The van der Waals surface area contributed by atoms with Crippen molar-refractivity contribution >= 4 is 14.3 Å². The Morgan fingerprint density at radius 2 is 1.55 bits per heavy atom. The molecule has 0 saturated carbocycles. The number of rotatable bonds is 8. The highest BCUT2D eigenvalue weighted by molar-refractivity contribution is 6.77. The molecule has 1 aliphatic carbocycles. The number of ether oxygens (including phenoxy) is 1. The fourth-order valence-electron chi connectivity index (χ4n) is 3.91. The average Bonchev–Trinajstić information content (AvgIpc) is 2.82. The van der Waals surface area contributed by atoms with Gasteiger partial charge in [-0.2, -0.15) is 0 Å². The molecule has 1 rings (SSSR count). The highest BCUT2D eigenvalue weighted by Crippen LogP contribution is 2.44. The molecule has 22 heavy (non-hydrogen) atoms. The van der Waals surface area contributed by atoms with Crippen LogP contribution in [0.25, 0.3) is 0 Å². The minimum Gasteiger partial charge on any atom is -0.458 e. The molecule has 0 amide bonds. The molecular weight excluding hydrogens is 292 g/mol. The minimum atomic E-state index is -1.87. The van der Waals surface area contributed by atoms with E-state index in [1.54, 1.807) is 0 Å². The Morgan fingerprint density at radius 3 is 2.00 bits per heavy atom. The fraction of sp³-hybridized carbons (Fsp3) is 0.833. The monoisotopic (exact) mass is 326 g/mol. The lowest BCUT2D eigenvalue weighted by Gasteiger charge is -2.43. The Hall–Kier alpha value is -0.613. The third kappa shape index (κ3) is 4.45. The summed E-state index contributed by atoms with van der Waals surface area (Å²) in [6.07, 6.45) is 6.19. The van der Waals surface area contributed by atoms with Gasteiger partial charge in [-0.25, -0.2) is 0 Å². The van der Waals surface area contributed by atoms with Crippen LogP contribution in [-0.2, 0) is 14.0 Å². The van der Waals surface area contributed by atoms with Gasteiger partial charge in [0.15, 0.2) is 0 Å². The van der Waals surface area contributed by atoms with Crippen molar-refractivity contribution in [2.45, 2.75) is 96.6 Å². The molecule has 0 bridgehead atoms. The lowest BCUT2D eigenvalue weighted by Crippen LogP contribution is -2.49. The zero-order valence-corrected chi connectivity index (χ0v) is 16.4. The summed E-state index contributed by atoms with van der Waals surface area (Å²) in [6, 6.07) is 0. The minimum absolute atomic E-state index is 0.0956. The van der Waals surface area contributed by atoms with Gasteiger partial charge < -0.3 is 9.16 Å². The van der Waals surface area contributed by atoms with E-state index in [9.17, 15) is 4.79 Å². The highest BCUT2D eigenvalue weighted by atomic mass is 28.4. The Bertz CT molecular complexity index is 366. The summed E-state index contributed by atoms with van der Waals surface area (Å²) < 4.78 is 12.2. The molecule has 2 atom stereocenters. The number of carbonyl (C=O) groups is 1. The molecule has 0 N–H and O–H groups in total. The van der Waals surface area contributed by atoms with Gasteiger partial charge in [0.05, 0.1) is 6.10 Å². The van der Waals surface area contributed by atoms with Crippen molar-refractivity contribution in [2.24, 2.45) is 0 Å². The van der Waals surface area contributed by atoms with E-state index in [1.165, 1.54) is 0 Å². The summed E-state index contributed by atoms with van der Waals surface area (Å²) in [4.78, 5) is 11.6. The molecule has 1 aliphatic rings. The Kier molecular flexibility index (Phi) is 7.33. The van der Waals surface area contributed by atoms with E-state index in [4.69, 9.17) is 9.16 Å². The molecule has 0 aromatic carbocycles. The van der Waals surface area contributed by atoms with Crippen LogP contribution in [0.3, 0.4) is 0 Å². The normalized spacial score (nSPS) is 22.1. The third-order valence-electron chi connectivity index (χ3n) is 4.80. The smallest absolute Gasteiger partial charge is 0.306 e. The van der Waals surface area contributed by atoms with Crippen LogP contribution in [0, 0.1) is 0 Å². The Balaban J connectivity index is 2.70. The molecule has 0 heterocycles. The molecule has 3 nitrogen and oxygen atoms in total. The van der Waals surface area contributed by atoms with Crippen LogP contribution >= 0.6 is 0 Å². The van der Waals surface area contributed by atoms with Gasteiger partial charge in [0, 0.05) is 12.8 Å². The molecule has 0 spiro atoms. The number of hydrogen-bond donors (Lipinski definition) is 0. The van der Waals surface area contributed by atoms with Gasteiger partial charge >= 0.3 is 5.97 Å². The van der Waals surface area contributed by atoms with Crippen LogP contribution in [0.4, 0.5) is 0 Å². The second kappa shape index (κ2) is 8.30. The molecule has 0 radical (unpaired) electrons. The van der Waals surface area contributed by atoms with Gasteiger partial charge in [-0.15, -0.1) is 0 Å². The highest BCUT2D eigenvalue weighted by Gasteiger charge is 2.47. The molecule has 0 aromatic rings. The summed E-state index contributed by atoms with van der Waals surface area (Å²) in [5.74, 6) is -0.0992. The van der Waals surface area contributed by atoms with Crippen LogP contribution < -0.4 is 0 Å². The van der Waals surface area contributed by atoms with E-state index >= 15 is 0 Å². The lowest BCUT2D eigenvalue weighted by molar-refractivity contribution is -0.147. The predicted molar refractivity (Wildman–Crippen MR) is 94.5 cm³/mol. The maximum absolute atomic E-state index is 11.6. The largest absolute Gasteiger partial charge is 0.458 e. The Morgan fingerprint density at radius 1 is 1.05 bits per heavy atom. The van der Waals surface area contributed by atoms with E-state index in [1.807, 2.05) is 13.0 Å². The van der Waals surface area contributed by atoms with Gasteiger partial charge in [0.1, 0.15) is 6.10 Å². The predicted octanol–water partition coefficient (Wildman–Crippen LogP) is 5.22. The van der Waals surface area contributed by atoms with Gasteiger partial charge in [-0.3, -0.25) is 4.79 Å². The lowest BCUT2D eigenvalue weighted by atomic mass is 10.3. The summed E-state index contributed by atoms with van der Waals surface area (Å²) in [6.45, 7) is 15.8. The summed E-state index contributed by atoms with van der Waals surface area (Å²) in [5, 5.41) is 0. The first-order valence-corrected chi connectivity index (χ1v) is 10.9. The molecule has 0 unspecified atom stereocenters. The second-order valence-corrected chi connectivity index (χ2v) is 12.8. The first kappa shape index (κ1) is 19.4. The van der Waals surface area contributed by atoms with Crippen molar-refractivity contribution in [3.63, 3.8) is 0 Å². The summed E-state index contributed by atoms with van der Waals surface area (Å²) in [7, 11) is -1.87. The molecule has 0 aromatic heterocycles. The van der Waals surface area contributed by atoms with Crippen molar-refractivity contribution < 1.29 is 14.0 Å². The Labute approximate surface area is 137 Å². The number of hydrogen-bond acceptors (Lipinski definition) is 3. The topological polar surface area (TPSA) is 35.5 Å². The van der Waals surface area contributed by atoms with E-state index in [-0.39, 0.29) is 18.2 Å². The van der Waals surface area contributed by atoms with Gasteiger partial charge in [-0.1, -0.05) is 54.5 Å². The van der Waals surface area contributed by atoms with Crippen LogP contribution in [0.15, 0.2) is 12.2 Å². The zero-order valence-electron chi connectivity index (χ0n) is 15.4. The summed E-state index contributed by atoms with van der Waals surface area (Å²) >= 11 is 0. The van der Waals surface area contributed by atoms with E-state index in [0.717, 1.165) is 12.8 Å². The van der Waals surface area contributed by atoms with Crippen LogP contribution in [0.2, 0.25) is 16.6 Å². The second-order valence-electron chi connectivity index (χ2n) is 7.37. The van der Waals surface area contributed by atoms with Crippen molar-refractivity contribution in [3.8, 4) is 0 Å². The van der Waals surface area contributed by atoms with Crippen LogP contribution in [-0.4, -0.2) is 26.5 Å². The third-order valence-corrected chi connectivity index (χ3v) is 10.9. The van der Waals surface area contributed by atoms with Gasteiger partial charge in [0.25, 0.3) is 0 Å². The molecule has 0 fully saturated rings. The molecular formula is C18H34O3Si. The summed E-state index contributed by atoms with van der Waals surface area (Å²) in [5.41, 5.74) is 1.72. The quantitative estimate of drug-likeness (QED) is 0.348. The zero-order chi connectivity index (χ0) is 16.9. The maximum atomic E-state index is 11.6. The van der Waals surface area contributed by atoms with E-state index < -0.39 is 8.32 Å². The fourth-order valence-corrected chi connectivity index (χ4v) is 9.43. The van der Waals surface area contributed by atoms with Crippen molar-refractivity contribution in [3.05, 3.63) is 12.2 Å². The van der Waals surface area contributed by atoms with Crippen molar-refractivity contribution in [1.29, 1.82) is 0 Å². The molecule has 128 valence electrons. The first-order valence-electron chi connectivity index (χ1n) is 8.79. The van der Waals surface area contributed by atoms with E-state index in [0.29, 0.717) is 23.0 Å². The molecule has 0 aliphatic heterocycles. The maximum Gasteiger partial charge on any atom is 0.306 e. The molecule has 0 saturated heterocycles.